The van der Waals surface area contributed by atoms with Crippen molar-refractivity contribution >= 4 is 11.9 Å². The van der Waals surface area contributed by atoms with Crippen molar-refractivity contribution in [2.75, 3.05) is 7.05 Å². The third kappa shape index (κ3) is 2.20. The van der Waals surface area contributed by atoms with Gasteiger partial charge in [-0.05, 0) is 36.6 Å². The average molecular weight is 249 g/mol. The van der Waals surface area contributed by atoms with E-state index in [2.05, 4.69) is 5.32 Å². The van der Waals surface area contributed by atoms with E-state index in [1.165, 1.54) is 24.1 Å². The summed E-state index contributed by atoms with van der Waals surface area (Å²) in [6.45, 7) is 1.82. The first-order valence-corrected chi connectivity index (χ1v) is 5.88. The molecule has 0 aromatic heterocycles. The van der Waals surface area contributed by atoms with Crippen LogP contribution in [0.4, 0.5) is 9.18 Å². The van der Waals surface area contributed by atoms with Gasteiger partial charge in [0.25, 0.3) is 0 Å². The molecule has 1 aliphatic rings. The number of benzene rings is 1. The van der Waals surface area contributed by atoms with Gasteiger partial charge in [-0.15, -0.1) is 0 Å². The van der Waals surface area contributed by atoms with Gasteiger partial charge in [-0.2, -0.15) is 0 Å². The SMILES string of the molecule is CNC(=O)N1C(=N)CCC1c1cc(C)cc(F)c1. The Hall–Kier alpha value is -1.91. The Kier molecular flexibility index (Phi) is 3.32. The fourth-order valence-corrected chi connectivity index (χ4v) is 2.37. The lowest BCUT2D eigenvalue weighted by molar-refractivity contribution is 0.214. The number of amidine groups is 1. The van der Waals surface area contributed by atoms with E-state index in [1.54, 1.807) is 0 Å². The Labute approximate surface area is 105 Å². The average Bonchev–Trinajstić information content (AvgIpc) is 2.69. The molecule has 1 unspecified atom stereocenters. The highest BCUT2D eigenvalue weighted by atomic mass is 19.1. The minimum atomic E-state index is -0.315. The molecule has 1 saturated heterocycles. The first-order chi connectivity index (χ1) is 8.52. The molecule has 2 rings (SSSR count). The van der Waals surface area contributed by atoms with Gasteiger partial charge in [0, 0.05) is 13.5 Å². The van der Waals surface area contributed by atoms with Gasteiger partial charge in [0.1, 0.15) is 11.7 Å². The maximum absolute atomic E-state index is 13.4. The second-order valence-electron chi connectivity index (χ2n) is 4.49. The van der Waals surface area contributed by atoms with Crippen LogP contribution < -0.4 is 5.32 Å². The Morgan fingerprint density at radius 2 is 2.22 bits per heavy atom. The highest BCUT2D eigenvalue weighted by Gasteiger charge is 2.34. The molecule has 1 heterocycles. The van der Waals surface area contributed by atoms with E-state index in [4.69, 9.17) is 5.41 Å². The molecular weight excluding hydrogens is 233 g/mol. The van der Waals surface area contributed by atoms with Crippen LogP contribution in [-0.4, -0.2) is 23.8 Å². The third-order valence-electron chi connectivity index (χ3n) is 3.14. The van der Waals surface area contributed by atoms with E-state index in [9.17, 15) is 9.18 Å². The number of hydrogen-bond acceptors (Lipinski definition) is 2. The number of nitrogens with one attached hydrogen (secondary N) is 2. The zero-order chi connectivity index (χ0) is 13.3. The molecule has 0 aliphatic carbocycles. The van der Waals surface area contributed by atoms with Crippen molar-refractivity contribution < 1.29 is 9.18 Å². The van der Waals surface area contributed by atoms with Crippen LogP contribution in [0.25, 0.3) is 0 Å². The van der Waals surface area contributed by atoms with Crippen molar-refractivity contribution in [2.24, 2.45) is 0 Å². The molecule has 0 bridgehead atoms. The normalized spacial score (nSPS) is 19.2. The van der Waals surface area contributed by atoms with Crippen LogP contribution in [0.5, 0.6) is 0 Å². The summed E-state index contributed by atoms with van der Waals surface area (Å²) in [7, 11) is 1.53. The number of carbonyl (C=O) groups is 1. The lowest BCUT2D eigenvalue weighted by Crippen LogP contribution is -2.40. The first kappa shape index (κ1) is 12.5. The maximum Gasteiger partial charge on any atom is 0.323 e. The number of carbonyl (C=O) groups excluding carboxylic acids is 1. The summed E-state index contributed by atoms with van der Waals surface area (Å²) in [5.74, 6) is -0.0263. The summed E-state index contributed by atoms with van der Waals surface area (Å²) in [4.78, 5) is 13.2. The summed E-state index contributed by atoms with van der Waals surface area (Å²) in [5, 5.41) is 10.3. The summed E-state index contributed by atoms with van der Waals surface area (Å²) < 4.78 is 13.4. The van der Waals surface area contributed by atoms with Crippen LogP contribution in [0.1, 0.15) is 30.0 Å². The van der Waals surface area contributed by atoms with Gasteiger partial charge in [-0.3, -0.25) is 10.3 Å². The van der Waals surface area contributed by atoms with Crippen molar-refractivity contribution in [1.29, 1.82) is 5.41 Å². The second-order valence-corrected chi connectivity index (χ2v) is 4.49. The van der Waals surface area contributed by atoms with Gasteiger partial charge in [-0.1, -0.05) is 6.07 Å². The minimum Gasteiger partial charge on any atom is -0.341 e. The van der Waals surface area contributed by atoms with E-state index in [0.717, 1.165) is 11.1 Å². The summed E-state index contributed by atoms with van der Waals surface area (Å²) in [5.41, 5.74) is 1.57. The third-order valence-corrected chi connectivity index (χ3v) is 3.14. The van der Waals surface area contributed by atoms with Gasteiger partial charge in [0.05, 0.1) is 6.04 Å². The van der Waals surface area contributed by atoms with Crippen LogP contribution >= 0.6 is 0 Å². The van der Waals surface area contributed by atoms with Crippen LogP contribution in [0.15, 0.2) is 18.2 Å². The van der Waals surface area contributed by atoms with Gasteiger partial charge in [-0.25, -0.2) is 9.18 Å². The zero-order valence-electron chi connectivity index (χ0n) is 10.5. The molecule has 96 valence electrons. The van der Waals surface area contributed by atoms with E-state index in [0.29, 0.717) is 12.8 Å². The summed E-state index contributed by atoms with van der Waals surface area (Å²) >= 11 is 0. The van der Waals surface area contributed by atoms with E-state index >= 15 is 0 Å². The minimum absolute atomic E-state index is 0.244. The Bertz CT molecular complexity index is 481. The van der Waals surface area contributed by atoms with Crippen molar-refractivity contribution in [3.05, 3.63) is 35.1 Å². The Balaban J connectivity index is 2.37. The molecule has 2 amide bonds. The summed E-state index contributed by atoms with van der Waals surface area (Å²) in [6.07, 6.45) is 1.20. The number of halogens is 1. The topological polar surface area (TPSA) is 56.2 Å². The second kappa shape index (κ2) is 4.76. The summed E-state index contributed by atoms with van der Waals surface area (Å²) in [6, 6.07) is 4.19. The highest BCUT2D eigenvalue weighted by Crippen LogP contribution is 2.33. The van der Waals surface area contributed by atoms with Crippen molar-refractivity contribution in [2.45, 2.75) is 25.8 Å². The van der Waals surface area contributed by atoms with E-state index in [1.807, 2.05) is 13.0 Å². The number of hydrogen-bond donors (Lipinski definition) is 2. The zero-order valence-corrected chi connectivity index (χ0v) is 10.5. The molecular formula is C13H16FN3O. The lowest BCUT2D eigenvalue weighted by atomic mass is 10.0. The molecule has 1 aromatic rings. The number of aryl methyl sites for hydroxylation is 1. The molecule has 18 heavy (non-hydrogen) atoms. The largest absolute Gasteiger partial charge is 0.341 e. The molecule has 2 N–H and O–H groups in total. The van der Waals surface area contributed by atoms with Crippen LogP contribution in [-0.2, 0) is 0 Å². The molecule has 1 aliphatic heterocycles. The highest BCUT2D eigenvalue weighted by molar-refractivity contribution is 5.97. The Morgan fingerprint density at radius 3 is 2.83 bits per heavy atom. The van der Waals surface area contributed by atoms with Crippen molar-refractivity contribution in [3.8, 4) is 0 Å². The predicted molar refractivity (Wildman–Crippen MR) is 67.1 cm³/mol. The number of rotatable bonds is 1. The molecule has 1 atom stereocenters. The van der Waals surface area contributed by atoms with Crippen LogP contribution in [0.2, 0.25) is 0 Å². The van der Waals surface area contributed by atoms with Gasteiger partial charge >= 0.3 is 6.03 Å². The molecule has 1 aromatic carbocycles. The number of nitrogens with zero attached hydrogens (tertiary/aromatic N) is 1. The molecule has 1 fully saturated rings. The molecule has 4 nitrogen and oxygen atoms in total. The first-order valence-electron chi connectivity index (χ1n) is 5.88. The van der Waals surface area contributed by atoms with Crippen LogP contribution in [0.3, 0.4) is 0 Å². The van der Waals surface area contributed by atoms with E-state index < -0.39 is 0 Å². The smallest absolute Gasteiger partial charge is 0.323 e. The molecule has 0 saturated carbocycles. The maximum atomic E-state index is 13.4. The molecule has 0 spiro atoms. The standard InChI is InChI=1S/C13H16FN3O/c1-8-5-9(7-10(14)6-8)11-3-4-12(15)17(11)13(18)16-2/h5-7,11,15H,3-4H2,1-2H3,(H,16,18). The van der Waals surface area contributed by atoms with Crippen LogP contribution in [0, 0.1) is 18.2 Å². The van der Waals surface area contributed by atoms with E-state index in [-0.39, 0.29) is 23.7 Å². The van der Waals surface area contributed by atoms with Crippen molar-refractivity contribution in [1.82, 2.24) is 10.2 Å². The quantitative estimate of drug-likeness (QED) is 0.789. The fourth-order valence-electron chi connectivity index (χ4n) is 2.37. The monoisotopic (exact) mass is 249 g/mol. The Morgan fingerprint density at radius 1 is 1.50 bits per heavy atom. The lowest BCUT2D eigenvalue weighted by Gasteiger charge is -2.24. The van der Waals surface area contributed by atoms with Crippen molar-refractivity contribution in [3.63, 3.8) is 0 Å². The van der Waals surface area contributed by atoms with Gasteiger partial charge in [0.15, 0.2) is 0 Å². The number of urea groups is 1. The van der Waals surface area contributed by atoms with Gasteiger partial charge < -0.3 is 5.32 Å². The molecule has 0 radical (unpaired) electrons. The number of amides is 2. The predicted octanol–water partition coefficient (Wildman–Crippen LogP) is 2.59. The fraction of sp³-hybridized carbons (Fsp3) is 0.385. The molecule has 5 heteroatoms. The number of likely N-dealkylation sites (tertiary alicyclic amines) is 1. The van der Waals surface area contributed by atoms with Gasteiger partial charge in [0.2, 0.25) is 0 Å².